The third-order valence-corrected chi connectivity index (χ3v) is 3.10. The molecule has 1 heterocycles. The van der Waals surface area contributed by atoms with Crippen LogP contribution in [0.5, 0.6) is 0 Å². The molecule has 0 aromatic rings. The summed E-state index contributed by atoms with van der Waals surface area (Å²) in [6.45, 7) is 9.71. The maximum absolute atomic E-state index is 2.49. The Hall–Kier alpha value is -0.0400. The summed E-state index contributed by atoms with van der Waals surface area (Å²) in [5.41, 5.74) is 0.499. The summed E-state index contributed by atoms with van der Waals surface area (Å²) in [5.74, 6) is 0.894. The molecule has 0 radical (unpaired) electrons. The van der Waals surface area contributed by atoms with Crippen molar-refractivity contribution in [3.8, 4) is 0 Å². The summed E-state index contributed by atoms with van der Waals surface area (Å²) >= 11 is 0. The minimum absolute atomic E-state index is 0.499. The smallest absolute Gasteiger partial charge is 0.00116 e. The van der Waals surface area contributed by atoms with E-state index in [0.717, 1.165) is 5.92 Å². The van der Waals surface area contributed by atoms with Crippen LogP contribution in [0.4, 0.5) is 0 Å². The monoisotopic (exact) mass is 169 g/mol. The molecule has 1 rings (SSSR count). The van der Waals surface area contributed by atoms with E-state index in [-0.39, 0.29) is 0 Å². The number of rotatable bonds is 0. The second-order valence-corrected chi connectivity index (χ2v) is 5.32. The molecule has 0 aliphatic carbocycles. The number of likely N-dealkylation sites (tertiary alicyclic amines) is 1. The van der Waals surface area contributed by atoms with Crippen LogP contribution in [-0.4, -0.2) is 25.0 Å². The molecular formula is C11H23N. The van der Waals surface area contributed by atoms with E-state index in [1.54, 1.807) is 0 Å². The predicted molar refractivity (Wildman–Crippen MR) is 54.3 cm³/mol. The summed E-state index contributed by atoms with van der Waals surface area (Å²) in [7, 11) is 2.25. The van der Waals surface area contributed by atoms with Gasteiger partial charge < -0.3 is 4.90 Å². The van der Waals surface area contributed by atoms with Crippen molar-refractivity contribution >= 4 is 0 Å². The topological polar surface area (TPSA) is 3.24 Å². The van der Waals surface area contributed by atoms with Crippen LogP contribution in [-0.2, 0) is 0 Å². The van der Waals surface area contributed by atoms with Crippen molar-refractivity contribution < 1.29 is 0 Å². The lowest BCUT2D eigenvalue weighted by molar-refractivity contribution is 0.178. The van der Waals surface area contributed by atoms with Crippen LogP contribution in [0.1, 0.15) is 40.0 Å². The highest BCUT2D eigenvalue weighted by Crippen LogP contribution is 2.32. The normalized spacial score (nSPS) is 28.5. The molecule has 0 aromatic carbocycles. The molecule has 1 heteroatoms. The van der Waals surface area contributed by atoms with Crippen molar-refractivity contribution in [2.45, 2.75) is 40.0 Å². The molecule has 1 atom stereocenters. The van der Waals surface area contributed by atoms with Crippen molar-refractivity contribution in [3.63, 3.8) is 0 Å². The second-order valence-electron chi connectivity index (χ2n) is 5.32. The molecule has 12 heavy (non-hydrogen) atoms. The average molecular weight is 169 g/mol. The van der Waals surface area contributed by atoms with Gasteiger partial charge in [-0.1, -0.05) is 27.2 Å². The lowest BCUT2D eigenvalue weighted by Gasteiger charge is -2.31. The third-order valence-electron chi connectivity index (χ3n) is 3.10. The van der Waals surface area contributed by atoms with E-state index in [4.69, 9.17) is 0 Å². The van der Waals surface area contributed by atoms with E-state index in [1.165, 1.54) is 32.4 Å². The fraction of sp³-hybridized carbons (Fsp3) is 1.00. The van der Waals surface area contributed by atoms with Crippen LogP contribution in [0, 0.1) is 11.3 Å². The van der Waals surface area contributed by atoms with E-state index >= 15 is 0 Å². The lowest BCUT2D eigenvalue weighted by atomic mass is 9.78. The zero-order chi connectivity index (χ0) is 9.19. The SMILES string of the molecule is CN1CCCCC(C(C)(C)C)C1. The highest BCUT2D eigenvalue weighted by molar-refractivity contribution is 4.78. The molecule has 1 saturated heterocycles. The quantitative estimate of drug-likeness (QED) is 0.539. The van der Waals surface area contributed by atoms with Gasteiger partial charge in [0, 0.05) is 6.54 Å². The first-order chi connectivity index (χ1) is 5.50. The van der Waals surface area contributed by atoms with E-state index in [1.807, 2.05) is 0 Å². The van der Waals surface area contributed by atoms with Gasteiger partial charge in [-0.15, -0.1) is 0 Å². The van der Waals surface area contributed by atoms with Crippen molar-refractivity contribution in [2.75, 3.05) is 20.1 Å². The lowest BCUT2D eigenvalue weighted by Crippen LogP contribution is -2.31. The molecular weight excluding hydrogens is 146 g/mol. The Labute approximate surface area is 77.1 Å². The van der Waals surface area contributed by atoms with Gasteiger partial charge in [0.2, 0.25) is 0 Å². The molecule has 0 aromatic heterocycles. The maximum atomic E-state index is 2.49. The number of hydrogen-bond donors (Lipinski definition) is 0. The Bertz CT molecular complexity index is 134. The first-order valence-corrected chi connectivity index (χ1v) is 5.18. The van der Waals surface area contributed by atoms with E-state index in [9.17, 15) is 0 Å². The average Bonchev–Trinajstić information content (AvgIpc) is 2.11. The van der Waals surface area contributed by atoms with Gasteiger partial charge in [0.25, 0.3) is 0 Å². The molecule has 0 amide bonds. The zero-order valence-electron chi connectivity index (χ0n) is 9.06. The number of hydrogen-bond acceptors (Lipinski definition) is 1. The molecule has 1 aliphatic rings. The van der Waals surface area contributed by atoms with Gasteiger partial charge in [0.15, 0.2) is 0 Å². The van der Waals surface area contributed by atoms with Gasteiger partial charge >= 0.3 is 0 Å². The van der Waals surface area contributed by atoms with Crippen LogP contribution in [0.15, 0.2) is 0 Å². The summed E-state index contributed by atoms with van der Waals surface area (Å²) in [6.07, 6.45) is 4.24. The van der Waals surface area contributed by atoms with Gasteiger partial charge in [0.1, 0.15) is 0 Å². The summed E-state index contributed by atoms with van der Waals surface area (Å²) in [4.78, 5) is 2.49. The van der Waals surface area contributed by atoms with Crippen molar-refractivity contribution in [2.24, 2.45) is 11.3 Å². The van der Waals surface area contributed by atoms with Crippen LogP contribution >= 0.6 is 0 Å². The van der Waals surface area contributed by atoms with Gasteiger partial charge in [-0.2, -0.15) is 0 Å². The molecule has 1 unspecified atom stereocenters. The van der Waals surface area contributed by atoms with Crippen LogP contribution < -0.4 is 0 Å². The second kappa shape index (κ2) is 3.78. The Morgan fingerprint density at radius 3 is 2.42 bits per heavy atom. The van der Waals surface area contributed by atoms with Gasteiger partial charge in [-0.05, 0) is 37.8 Å². The maximum Gasteiger partial charge on any atom is 0.00116 e. The third kappa shape index (κ3) is 2.78. The molecule has 0 spiro atoms. The largest absolute Gasteiger partial charge is 0.306 e. The van der Waals surface area contributed by atoms with Crippen molar-refractivity contribution in [1.29, 1.82) is 0 Å². The standard InChI is InChI=1S/C11H23N/c1-11(2,3)10-7-5-6-8-12(4)9-10/h10H,5-9H2,1-4H3. The van der Waals surface area contributed by atoms with E-state index < -0.39 is 0 Å². The zero-order valence-corrected chi connectivity index (χ0v) is 9.06. The molecule has 72 valence electrons. The Morgan fingerprint density at radius 2 is 1.83 bits per heavy atom. The molecule has 1 aliphatic heterocycles. The fourth-order valence-corrected chi connectivity index (χ4v) is 2.04. The first kappa shape index (κ1) is 10.0. The summed E-state index contributed by atoms with van der Waals surface area (Å²) in [5, 5.41) is 0. The summed E-state index contributed by atoms with van der Waals surface area (Å²) < 4.78 is 0. The van der Waals surface area contributed by atoms with Crippen LogP contribution in [0.3, 0.4) is 0 Å². The van der Waals surface area contributed by atoms with Crippen LogP contribution in [0.25, 0.3) is 0 Å². The Balaban J connectivity index is 2.52. The molecule has 1 nitrogen and oxygen atoms in total. The van der Waals surface area contributed by atoms with Crippen molar-refractivity contribution in [3.05, 3.63) is 0 Å². The Kier molecular flexibility index (Phi) is 3.16. The molecule has 0 N–H and O–H groups in total. The van der Waals surface area contributed by atoms with Gasteiger partial charge in [-0.3, -0.25) is 0 Å². The van der Waals surface area contributed by atoms with E-state index in [2.05, 4.69) is 32.7 Å². The molecule has 1 fully saturated rings. The summed E-state index contributed by atoms with van der Waals surface area (Å²) in [6, 6.07) is 0. The molecule has 0 bridgehead atoms. The van der Waals surface area contributed by atoms with Gasteiger partial charge in [-0.25, -0.2) is 0 Å². The minimum Gasteiger partial charge on any atom is -0.306 e. The number of nitrogens with zero attached hydrogens (tertiary/aromatic N) is 1. The highest BCUT2D eigenvalue weighted by atomic mass is 15.1. The fourth-order valence-electron chi connectivity index (χ4n) is 2.04. The van der Waals surface area contributed by atoms with Crippen LogP contribution in [0.2, 0.25) is 0 Å². The molecule has 0 saturated carbocycles. The van der Waals surface area contributed by atoms with E-state index in [0.29, 0.717) is 5.41 Å². The first-order valence-electron chi connectivity index (χ1n) is 5.18. The van der Waals surface area contributed by atoms with Crippen molar-refractivity contribution in [1.82, 2.24) is 4.90 Å². The Morgan fingerprint density at radius 1 is 1.17 bits per heavy atom. The highest BCUT2D eigenvalue weighted by Gasteiger charge is 2.26. The van der Waals surface area contributed by atoms with Gasteiger partial charge in [0.05, 0.1) is 0 Å². The minimum atomic E-state index is 0.499. The predicted octanol–water partition coefficient (Wildman–Crippen LogP) is 2.76.